The van der Waals surface area contributed by atoms with E-state index in [4.69, 9.17) is 0 Å². The van der Waals surface area contributed by atoms with Gasteiger partial charge in [0.15, 0.2) is 5.43 Å². The fourth-order valence-corrected chi connectivity index (χ4v) is 8.29. The largest absolute Gasteiger partial charge is 0.351 e. The molecule has 5 rings (SSSR count). The zero-order valence-electron chi connectivity index (χ0n) is 43.6. The summed E-state index contributed by atoms with van der Waals surface area (Å²) in [4.78, 5) is 47.0. The first kappa shape index (κ1) is 60.8. The van der Waals surface area contributed by atoms with E-state index in [-0.39, 0.29) is 22.5 Å². The number of nitrogens with zero attached hydrogens (tertiary/aromatic N) is 3. The van der Waals surface area contributed by atoms with Gasteiger partial charge in [0, 0.05) is 46.5 Å². The van der Waals surface area contributed by atoms with Crippen LogP contribution in [-0.4, -0.2) is 44.6 Å². The van der Waals surface area contributed by atoms with Crippen LogP contribution < -0.4 is 16.5 Å². The summed E-state index contributed by atoms with van der Waals surface area (Å²) in [7, 11) is 4.23. The number of pyridine rings is 2. The van der Waals surface area contributed by atoms with Gasteiger partial charge in [-0.15, -0.1) is 0 Å². The minimum atomic E-state index is -0.00463. The number of piperidine rings is 1. The first-order valence-electron chi connectivity index (χ1n) is 23.2. The minimum absolute atomic E-state index is 0.00463. The lowest BCUT2D eigenvalue weighted by atomic mass is 9.87. The summed E-state index contributed by atoms with van der Waals surface area (Å²) in [5, 5.41) is 0. The van der Waals surface area contributed by atoms with E-state index in [1.54, 1.807) is 6.92 Å². The molecule has 3 aromatic heterocycles. The molecule has 0 saturated carbocycles. The Morgan fingerprint density at radius 3 is 1.48 bits per heavy atom. The average molecular weight is 972 g/mol. The van der Waals surface area contributed by atoms with Gasteiger partial charge in [0.2, 0.25) is 0 Å². The number of H-pyrrole nitrogens is 2. The van der Waals surface area contributed by atoms with Crippen LogP contribution in [0.2, 0.25) is 0 Å². The second-order valence-electron chi connectivity index (χ2n) is 17.7. The van der Waals surface area contributed by atoms with Crippen LogP contribution >= 0.6 is 22.6 Å². The van der Waals surface area contributed by atoms with E-state index in [9.17, 15) is 14.4 Å². The van der Waals surface area contributed by atoms with E-state index in [2.05, 4.69) is 127 Å². The molecule has 0 unspecified atom stereocenters. The van der Waals surface area contributed by atoms with Crippen LogP contribution in [0.1, 0.15) is 195 Å². The number of halogens is 1. The van der Waals surface area contributed by atoms with Gasteiger partial charge in [-0.2, -0.15) is 0 Å². The topological polar surface area (TPSA) is 104 Å². The van der Waals surface area contributed by atoms with Gasteiger partial charge >= 0.3 is 0 Å². The van der Waals surface area contributed by atoms with Crippen LogP contribution in [0.3, 0.4) is 0 Å². The molecule has 4 aromatic rings. The molecule has 1 aliphatic rings. The molecule has 0 bridgehead atoms. The molecule has 0 amide bonds. The molecule has 0 aliphatic carbocycles. The fraction of sp³-hybridized carbons (Fsp3) is 0.623. The summed E-state index contributed by atoms with van der Waals surface area (Å²) >= 11 is 2.14. The van der Waals surface area contributed by atoms with Gasteiger partial charge in [0.1, 0.15) is 5.82 Å². The Labute approximate surface area is 392 Å². The molecule has 0 spiro atoms. The zero-order valence-corrected chi connectivity index (χ0v) is 45.8. The van der Waals surface area contributed by atoms with E-state index in [0.29, 0.717) is 23.6 Å². The summed E-state index contributed by atoms with van der Waals surface area (Å²) in [6.45, 7) is 45.7. The molecule has 1 aliphatic heterocycles. The third kappa shape index (κ3) is 20.0. The Morgan fingerprint density at radius 1 is 0.629 bits per heavy atom. The molecule has 0 radical (unpaired) electrons. The monoisotopic (exact) mass is 972 g/mol. The number of likely N-dealkylation sites (tertiary alicyclic amines) is 1. The zero-order chi connectivity index (χ0) is 48.8. The standard InChI is InChI=1S/C11H16INO.C10H15NO.C10H14.C9H14N2O.C9H19N.2C2H6/c1-6(2)9-7(3)13(5)8(4)10(12)11(9)14;1-6(2)9-7(3)5-8(4)11-10(9)12;1-8(2)10-7-5-4-6-9(10)3;1-5(2)8-6(3)10-7(4)11-9(8)12;1-8(2)9-4-6-10(3)7-5-9;2*1-2/h6H,1-5H3;5-6H,1-4H3,(H,11,12);4-8H,1-3H3;5H,1-4H3,(H,10,11,12);8-9H,4-7H2,1-3H3;2*1-2H3. The molecule has 1 aromatic carbocycles. The van der Waals surface area contributed by atoms with Crippen molar-refractivity contribution in [1.29, 1.82) is 0 Å². The van der Waals surface area contributed by atoms with Gasteiger partial charge < -0.3 is 19.4 Å². The highest BCUT2D eigenvalue weighted by molar-refractivity contribution is 14.1. The van der Waals surface area contributed by atoms with Crippen molar-refractivity contribution < 1.29 is 0 Å². The van der Waals surface area contributed by atoms with Crippen molar-refractivity contribution in [2.24, 2.45) is 18.9 Å². The Balaban J connectivity index is 0. The lowest BCUT2D eigenvalue weighted by molar-refractivity contribution is 0.185. The Hall–Kier alpha value is -3.31. The van der Waals surface area contributed by atoms with Crippen LogP contribution in [0.4, 0.5) is 0 Å². The molecule has 9 heteroatoms. The highest BCUT2D eigenvalue weighted by atomic mass is 127. The molecule has 1 fully saturated rings. The van der Waals surface area contributed by atoms with Gasteiger partial charge in [-0.25, -0.2) is 4.98 Å². The van der Waals surface area contributed by atoms with Gasteiger partial charge in [0.25, 0.3) is 11.1 Å². The minimum Gasteiger partial charge on any atom is -0.351 e. The fourth-order valence-electron chi connectivity index (χ4n) is 7.63. The van der Waals surface area contributed by atoms with Crippen molar-refractivity contribution in [1.82, 2.24) is 24.4 Å². The Bertz CT molecular complexity index is 1990. The first-order valence-corrected chi connectivity index (χ1v) is 24.3. The molecule has 62 heavy (non-hydrogen) atoms. The van der Waals surface area contributed by atoms with Crippen LogP contribution in [-0.2, 0) is 7.05 Å². The molecule has 352 valence electrons. The Morgan fingerprint density at radius 2 is 1.10 bits per heavy atom. The first-order chi connectivity index (χ1) is 28.8. The number of hydrogen-bond acceptors (Lipinski definition) is 5. The predicted octanol–water partition coefficient (Wildman–Crippen LogP) is 13.5. The lowest BCUT2D eigenvalue weighted by Crippen LogP contribution is -2.32. The smallest absolute Gasteiger partial charge is 0.254 e. The molecule has 0 atom stereocenters. The maximum Gasteiger partial charge on any atom is 0.254 e. The second kappa shape index (κ2) is 30.7. The summed E-state index contributed by atoms with van der Waals surface area (Å²) in [6.07, 6.45) is 2.82. The number of hydrogen-bond donors (Lipinski definition) is 2. The van der Waals surface area contributed by atoms with E-state index >= 15 is 0 Å². The number of benzene rings is 1. The third-order valence-electron chi connectivity index (χ3n) is 11.1. The third-order valence-corrected chi connectivity index (χ3v) is 12.4. The molecule has 4 heterocycles. The summed E-state index contributed by atoms with van der Waals surface area (Å²) in [5.41, 5.74) is 10.8. The van der Waals surface area contributed by atoms with Gasteiger partial charge in [-0.05, 0) is 162 Å². The summed E-state index contributed by atoms with van der Waals surface area (Å²) in [5.74, 6) is 4.06. The quantitative estimate of drug-likeness (QED) is 0.194. The summed E-state index contributed by atoms with van der Waals surface area (Å²) in [6, 6.07) is 10.6. The van der Waals surface area contributed by atoms with E-state index in [0.717, 1.165) is 60.4 Å². The molecular weight excluding hydrogens is 882 g/mol. The molecule has 2 N–H and O–H groups in total. The maximum absolute atomic E-state index is 12.0. The number of aromatic amines is 2. The number of aryl methyl sites for hydroxylation is 5. The highest BCUT2D eigenvalue weighted by Crippen LogP contribution is 2.23. The number of aromatic nitrogens is 4. The van der Waals surface area contributed by atoms with Crippen molar-refractivity contribution >= 4 is 22.6 Å². The van der Waals surface area contributed by atoms with Crippen molar-refractivity contribution in [2.45, 2.75) is 182 Å². The second-order valence-corrected chi connectivity index (χ2v) is 18.8. The predicted molar refractivity (Wildman–Crippen MR) is 280 cm³/mol. The molecular formula is C53H90IN5O3. The molecule has 1 saturated heterocycles. The maximum atomic E-state index is 12.0. The van der Waals surface area contributed by atoms with E-state index < -0.39 is 0 Å². The Kier molecular flexibility index (Phi) is 30.1. The molecule has 8 nitrogen and oxygen atoms in total. The number of rotatable bonds is 5. The van der Waals surface area contributed by atoms with Crippen LogP contribution in [0.25, 0.3) is 0 Å². The van der Waals surface area contributed by atoms with Gasteiger partial charge in [-0.3, -0.25) is 14.4 Å². The van der Waals surface area contributed by atoms with Crippen molar-refractivity contribution in [3.05, 3.63) is 127 Å². The van der Waals surface area contributed by atoms with Gasteiger partial charge in [-0.1, -0.05) is 121 Å². The van der Waals surface area contributed by atoms with Crippen LogP contribution in [0.15, 0.2) is 44.7 Å². The highest BCUT2D eigenvalue weighted by Gasteiger charge is 2.19. The van der Waals surface area contributed by atoms with Crippen LogP contribution in [0, 0.1) is 63.9 Å². The van der Waals surface area contributed by atoms with E-state index in [1.165, 1.54) is 37.1 Å². The van der Waals surface area contributed by atoms with Crippen molar-refractivity contribution in [3.63, 3.8) is 0 Å². The summed E-state index contributed by atoms with van der Waals surface area (Å²) < 4.78 is 2.94. The van der Waals surface area contributed by atoms with E-state index in [1.807, 2.05) is 103 Å². The average Bonchev–Trinajstić information content (AvgIpc) is 3.18. The van der Waals surface area contributed by atoms with Crippen molar-refractivity contribution in [3.8, 4) is 0 Å². The lowest BCUT2D eigenvalue weighted by Gasteiger charge is -2.31. The van der Waals surface area contributed by atoms with Crippen LogP contribution in [0.5, 0.6) is 0 Å². The van der Waals surface area contributed by atoms with Crippen molar-refractivity contribution in [2.75, 3.05) is 20.1 Å². The SMILES string of the molecule is CC.CC.CC(C)C1CCN(C)CC1.Cc1c(I)c(=O)c(C(C)C)c(C)n1C.Cc1cc(C)c(C(C)C)c(=O)[nH]1.Cc1ccccc1C(C)C.Cc1nc(C)c(C(C)C)c(=O)[nH]1. The normalized spacial score (nSPS) is 12.4. The van der Waals surface area contributed by atoms with Gasteiger partial charge in [0.05, 0.1) is 3.57 Å². The number of nitrogens with one attached hydrogen (secondary N) is 2.